The number of allylic oxidation sites excluding steroid dienone is 1. The number of fused-ring (bicyclic) bond motifs is 1. The second-order valence-electron chi connectivity index (χ2n) is 5.44. The number of nitrogens with one attached hydrogen (secondary N) is 1. The highest BCUT2D eigenvalue weighted by atomic mass is 32.2. The number of hydrogen-bond acceptors (Lipinski definition) is 3. The van der Waals surface area contributed by atoms with E-state index in [1.165, 1.54) is 0 Å². The molecule has 1 heterocycles. The summed E-state index contributed by atoms with van der Waals surface area (Å²) in [5.41, 5.74) is 3.23. The van der Waals surface area contributed by atoms with Gasteiger partial charge in [0.25, 0.3) is 0 Å². The molecular weight excluding hydrogens is 316 g/mol. The lowest BCUT2D eigenvalue weighted by atomic mass is 9.99. The highest BCUT2D eigenvalue weighted by Gasteiger charge is 2.19. The van der Waals surface area contributed by atoms with E-state index in [-0.39, 0.29) is 11.4 Å². The largest absolute Gasteiger partial charge is 0.358 e. The summed E-state index contributed by atoms with van der Waals surface area (Å²) in [5.74, 6) is -0.249. The summed E-state index contributed by atoms with van der Waals surface area (Å²) < 4.78 is 0. The first-order valence-corrected chi connectivity index (χ1v) is 8.74. The van der Waals surface area contributed by atoms with Crippen LogP contribution in [0.3, 0.4) is 0 Å². The number of ketones is 1. The average molecular weight is 332 g/mol. The molecule has 0 radical (unpaired) electrons. The molecule has 3 nitrogen and oxygen atoms in total. The monoisotopic (exact) mass is 332 g/mol. The SMILES string of the molecule is CSc1ccc(C=C(C#N)C(=O)c2c(C)[nH]c3ccccc23)cc1. The molecule has 0 aliphatic rings. The van der Waals surface area contributed by atoms with Crippen LogP contribution in [0.1, 0.15) is 21.6 Å². The van der Waals surface area contributed by atoms with E-state index in [0.717, 1.165) is 27.1 Å². The number of aromatic nitrogens is 1. The van der Waals surface area contributed by atoms with Gasteiger partial charge in [-0.15, -0.1) is 11.8 Å². The van der Waals surface area contributed by atoms with Crippen molar-refractivity contribution in [3.63, 3.8) is 0 Å². The van der Waals surface area contributed by atoms with Gasteiger partial charge in [0.2, 0.25) is 5.78 Å². The van der Waals surface area contributed by atoms with E-state index >= 15 is 0 Å². The van der Waals surface area contributed by atoms with Crippen LogP contribution in [0.25, 0.3) is 17.0 Å². The first-order valence-electron chi connectivity index (χ1n) is 7.52. The molecule has 4 heteroatoms. The molecule has 0 saturated carbocycles. The molecular formula is C20H16N2OS. The smallest absolute Gasteiger partial charge is 0.205 e. The van der Waals surface area contributed by atoms with Gasteiger partial charge in [-0.2, -0.15) is 5.26 Å². The Morgan fingerprint density at radius 3 is 2.54 bits per heavy atom. The average Bonchev–Trinajstić information content (AvgIpc) is 2.95. The van der Waals surface area contributed by atoms with Crippen LogP contribution >= 0.6 is 11.8 Å². The minimum absolute atomic E-state index is 0.139. The van der Waals surface area contributed by atoms with E-state index in [1.807, 2.05) is 61.7 Å². The van der Waals surface area contributed by atoms with Crippen LogP contribution in [0.2, 0.25) is 0 Å². The normalized spacial score (nSPS) is 11.5. The zero-order valence-electron chi connectivity index (χ0n) is 13.5. The number of carbonyl (C=O) groups is 1. The predicted octanol–water partition coefficient (Wildman–Crippen LogP) is 4.99. The van der Waals surface area contributed by atoms with Crippen molar-refractivity contribution in [3.05, 3.63) is 70.9 Å². The van der Waals surface area contributed by atoms with Crippen LogP contribution in [0.5, 0.6) is 0 Å². The zero-order chi connectivity index (χ0) is 17.1. The third-order valence-corrected chi connectivity index (χ3v) is 4.66. The van der Waals surface area contributed by atoms with Gasteiger partial charge in [-0.05, 0) is 43.0 Å². The lowest BCUT2D eigenvalue weighted by Crippen LogP contribution is -2.03. The Morgan fingerprint density at radius 2 is 1.88 bits per heavy atom. The minimum atomic E-state index is -0.249. The number of rotatable bonds is 4. The highest BCUT2D eigenvalue weighted by Crippen LogP contribution is 2.25. The number of H-pyrrole nitrogens is 1. The van der Waals surface area contributed by atoms with Crippen molar-refractivity contribution < 1.29 is 4.79 Å². The van der Waals surface area contributed by atoms with Gasteiger partial charge in [0.15, 0.2) is 0 Å². The van der Waals surface area contributed by atoms with Crippen LogP contribution in [0.15, 0.2) is 59.0 Å². The van der Waals surface area contributed by atoms with Crippen molar-refractivity contribution in [1.29, 1.82) is 5.26 Å². The van der Waals surface area contributed by atoms with Crippen LogP contribution in [0.4, 0.5) is 0 Å². The molecule has 0 saturated heterocycles. The van der Waals surface area contributed by atoms with Gasteiger partial charge < -0.3 is 4.98 Å². The van der Waals surface area contributed by atoms with E-state index in [9.17, 15) is 10.1 Å². The number of nitrogens with zero attached hydrogens (tertiary/aromatic N) is 1. The van der Waals surface area contributed by atoms with Crippen LogP contribution < -0.4 is 0 Å². The molecule has 0 fully saturated rings. The number of thioether (sulfide) groups is 1. The summed E-state index contributed by atoms with van der Waals surface area (Å²) in [5, 5.41) is 10.3. The van der Waals surface area contributed by atoms with Crippen molar-refractivity contribution >= 4 is 34.5 Å². The number of aromatic amines is 1. The number of nitriles is 1. The second kappa shape index (κ2) is 6.77. The standard InChI is InChI=1S/C20H16N2OS/c1-13-19(17-5-3-4-6-18(17)22-13)20(23)15(12-21)11-14-7-9-16(24-2)10-8-14/h3-11,22H,1-2H3. The lowest BCUT2D eigenvalue weighted by Gasteiger charge is -2.01. The van der Waals surface area contributed by atoms with Crippen LogP contribution in [-0.4, -0.2) is 17.0 Å². The van der Waals surface area contributed by atoms with Crippen molar-refractivity contribution in [2.45, 2.75) is 11.8 Å². The first-order chi connectivity index (χ1) is 11.6. The Bertz CT molecular complexity index is 975. The summed E-state index contributed by atoms with van der Waals surface area (Å²) in [4.78, 5) is 17.2. The molecule has 118 valence electrons. The molecule has 1 N–H and O–H groups in total. The van der Waals surface area contributed by atoms with Crippen LogP contribution in [-0.2, 0) is 0 Å². The quantitative estimate of drug-likeness (QED) is 0.317. The molecule has 1 aromatic heterocycles. The summed E-state index contributed by atoms with van der Waals surface area (Å²) in [6, 6.07) is 17.5. The number of carbonyl (C=O) groups excluding carboxylic acids is 1. The summed E-state index contributed by atoms with van der Waals surface area (Å²) in [6.07, 6.45) is 3.66. The molecule has 3 aromatic rings. The van der Waals surface area contributed by atoms with Crippen molar-refractivity contribution in [2.75, 3.05) is 6.26 Å². The van der Waals surface area contributed by atoms with Gasteiger partial charge in [0, 0.05) is 21.5 Å². The Morgan fingerprint density at radius 1 is 1.17 bits per heavy atom. The predicted molar refractivity (Wildman–Crippen MR) is 99.2 cm³/mol. The van der Waals surface area contributed by atoms with Gasteiger partial charge in [0.05, 0.1) is 5.56 Å². The molecule has 3 rings (SSSR count). The Labute approximate surface area is 145 Å². The van der Waals surface area contributed by atoms with Crippen LogP contribution in [0, 0.1) is 18.3 Å². The lowest BCUT2D eigenvalue weighted by molar-refractivity contribution is 0.104. The van der Waals surface area contributed by atoms with E-state index in [0.29, 0.717) is 5.56 Å². The maximum atomic E-state index is 12.9. The molecule has 0 unspecified atom stereocenters. The minimum Gasteiger partial charge on any atom is -0.358 e. The number of benzene rings is 2. The Balaban J connectivity index is 2.03. The van der Waals surface area contributed by atoms with Gasteiger partial charge in [-0.25, -0.2) is 0 Å². The van der Waals surface area contributed by atoms with E-state index in [4.69, 9.17) is 0 Å². The zero-order valence-corrected chi connectivity index (χ0v) is 14.3. The van der Waals surface area contributed by atoms with Gasteiger partial charge in [-0.3, -0.25) is 4.79 Å². The molecule has 0 bridgehead atoms. The fourth-order valence-electron chi connectivity index (χ4n) is 2.72. The fourth-order valence-corrected chi connectivity index (χ4v) is 3.13. The molecule has 0 amide bonds. The molecule has 2 aromatic carbocycles. The Kier molecular flexibility index (Phi) is 4.54. The molecule has 0 spiro atoms. The summed E-state index contributed by atoms with van der Waals surface area (Å²) >= 11 is 1.65. The van der Waals surface area contributed by atoms with E-state index in [2.05, 4.69) is 11.1 Å². The molecule has 0 aliphatic carbocycles. The highest BCUT2D eigenvalue weighted by molar-refractivity contribution is 7.98. The molecule has 24 heavy (non-hydrogen) atoms. The molecule has 0 atom stereocenters. The van der Waals surface area contributed by atoms with Gasteiger partial charge in [0.1, 0.15) is 11.6 Å². The Hall–Kier alpha value is -2.77. The van der Waals surface area contributed by atoms with Gasteiger partial charge in [-0.1, -0.05) is 30.3 Å². The van der Waals surface area contributed by atoms with Crippen molar-refractivity contribution in [1.82, 2.24) is 4.98 Å². The maximum Gasteiger partial charge on any atom is 0.205 e. The first kappa shape index (κ1) is 16.1. The number of hydrogen-bond donors (Lipinski definition) is 1. The number of aryl methyl sites for hydroxylation is 1. The van der Waals surface area contributed by atoms with Crippen molar-refractivity contribution in [3.8, 4) is 6.07 Å². The topological polar surface area (TPSA) is 56.6 Å². The third-order valence-electron chi connectivity index (χ3n) is 3.91. The summed E-state index contributed by atoms with van der Waals surface area (Å²) in [6.45, 7) is 1.86. The fraction of sp³-hybridized carbons (Fsp3) is 0.100. The third kappa shape index (κ3) is 2.99. The summed E-state index contributed by atoms with van der Waals surface area (Å²) in [7, 11) is 0. The second-order valence-corrected chi connectivity index (χ2v) is 6.32. The maximum absolute atomic E-state index is 12.9. The van der Waals surface area contributed by atoms with E-state index in [1.54, 1.807) is 17.8 Å². The van der Waals surface area contributed by atoms with Crippen molar-refractivity contribution in [2.24, 2.45) is 0 Å². The number of para-hydroxylation sites is 1. The molecule has 0 aliphatic heterocycles. The number of Topliss-reactive ketones (excluding diaryl/α,β-unsaturated/α-hetero) is 1. The van der Waals surface area contributed by atoms with E-state index < -0.39 is 0 Å². The van der Waals surface area contributed by atoms with Gasteiger partial charge >= 0.3 is 0 Å².